The number of ketones is 1. The fraction of sp³-hybridized carbons (Fsp3) is 0.300. The molecule has 0 saturated heterocycles. The SMILES string of the molecule is Cc1cc(C)cc(-c2ccc(OCCN(C)C)c(C(=O)C=Cc3ccccc3CN(C)C)c2)c1. The van der Waals surface area contributed by atoms with Crippen LogP contribution in [-0.2, 0) is 6.54 Å². The molecule has 0 aliphatic heterocycles. The van der Waals surface area contributed by atoms with Crippen LogP contribution in [0.15, 0.2) is 66.7 Å². The normalized spacial score (nSPS) is 11.5. The maximum atomic E-state index is 13.4. The number of nitrogens with zero attached hydrogens (tertiary/aromatic N) is 2. The topological polar surface area (TPSA) is 32.8 Å². The van der Waals surface area contributed by atoms with Gasteiger partial charge < -0.3 is 14.5 Å². The van der Waals surface area contributed by atoms with Crippen LogP contribution in [0.2, 0.25) is 0 Å². The van der Waals surface area contributed by atoms with Crippen molar-refractivity contribution in [1.82, 2.24) is 9.80 Å². The molecule has 0 fully saturated rings. The number of benzene rings is 3. The zero-order chi connectivity index (χ0) is 24.7. The van der Waals surface area contributed by atoms with E-state index in [1.165, 1.54) is 16.7 Å². The van der Waals surface area contributed by atoms with E-state index in [1.807, 2.05) is 70.7 Å². The molecular formula is C30H36N2O2. The molecule has 0 unspecified atom stereocenters. The smallest absolute Gasteiger partial charge is 0.189 e. The number of hydrogen-bond donors (Lipinski definition) is 0. The Morgan fingerprint density at radius 2 is 1.56 bits per heavy atom. The van der Waals surface area contributed by atoms with Crippen LogP contribution in [0.5, 0.6) is 5.75 Å². The summed E-state index contributed by atoms with van der Waals surface area (Å²) in [6, 6.07) is 20.5. The van der Waals surface area contributed by atoms with Gasteiger partial charge in [-0.05, 0) is 82.5 Å². The van der Waals surface area contributed by atoms with Gasteiger partial charge in [0.25, 0.3) is 0 Å². The van der Waals surface area contributed by atoms with Gasteiger partial charge in [0.05, 0.1) is 5.56 Å². The standard InChI is InChI=1S/C30H36N2O2/c1-22-17-23(2)19-27(18-22)25-12-14-30(34-16-15-31(3)4)28(20-25)29(33)13-11-24-9-7-8-10-26(24)21-32(5)6/h7-14,17-20H,15-16,21H2,1-6H3. The lowest BCUT2D eigenvalue weighted by Gasteiger charge is -2.15. The van der Waals surface area contributed by atoms with Gasteiger partial charge >= 0.3 is 0 Å². The van der Waals surface area contributed by atoms with Gasteiger partial charge in [-0.2, -0.15) is 0 Å². The van der Waals surface area contributed by atoms with Crippen molar-refractivity contribution < 1.29 is 9.53 Å². The van der Waals surface area contributed by atoms with Gasteiger partial charge in [0, 0.05) is 13.1 Å². The lowest BCUT2D eigenvalue weighted by atomic mass is 9.97. The number of carbonyl (C=O) groups excluding carboxylic acids is 1. The van der Waals surface area contributed by atoms with Crippen LogP contribution in [0.25, 0.3) is 17.2 Å². The van der Waals surface area contributed by atoms with E-state index in [0.29, 0.717) is 17.9 Å². The van der Waals surface area contributed by atoms with Crippen LogP contribution < -0.4 is 4.74 Å². The summed E-state index contributed by atoms with van der Waals surface area (Å²) in [6.45, 7) is 6.30. The third-order valence-corrected chi connectivity index (χ3v) is 5.55. The second kappa shape index (κ2) is 11.8. The lowest BCUT2D eigenvalue weighted by molar-refractivity contribution is 0.104. The van der Waals surface area contributed by atoms with Crippen LogP contribution in [0.4, 0.5) is 0 Å². The Hall–Kier alpha value is -3.21. The summed E-state index contributed by atoms with van der Waals surface area (Å²) in [5.74, 6) is 0.553. The Bertz CT molecular complexity index is 1140. The Kier molecular flexibility index (Phi) is 8.80. The molecule has 0 radical (unpaired) electrons. The molecule has 3 aromatic rings. The maximum absolute atomic E-state index is 13.4. The van der Waals surface area contributed by atoms with Crippen molar-refractivity contribution in [3.05, 3.63) is 94.6 Å². The summed E-state index contributed by atoms with van der Waals surface area (Å²) in [5, 5.41) is 0. The highest BCUT2D eigenvalue weighted by Crippen LogP contribution is 2.29. The van der Waals surface area contributed by atoms with E-state index in [0.717, 1.165) is 29.8 Å². The number of hydrogen-bond acceptors (Lipinski definition) is 4. The van der Waals surface area contributed by atoms with E-state index < -0.39 is 0 Å². The minimum absolute atomic E-state index is 0.0641. The van der Waals surface area contributed by atoms with Crippen molar-refractivity contribution in [2.24, 2.45) is 0 Å². The molecule has 34 heavy (non-hydrogen) atoms. The molecule has 0 atom stereocenters. The van der Waals surface area contributed by atoms with Gasteiger partial charge in [-0.1, -0.05) is 65.7 Å². The molecule has 0 N–H and O–H groups in total. The molecule has 0 saturated carbocycles. The predicted molar refractivity (Wildman–Crippen MR) is 143 cm³/mol. The van der Waals surface area contributed by atoms with Crippen molar-refractivity contribution in [2.45, 2.75) is 20.4 Å². The summed E-state index contributed by atoms with van der Waals surface area (Å²) >= 11 is 0. The summed E-state index contributed by atoms with van der Waals surface area (Å²) < 4.78 is 6.03. The quantitative estimate of drug-likeness (QED) is 0.282. The Morgan fingerprint density at radius 1 is 0.853 bits per heavy atom. The minimum Gasteiger partial charge on any atom is -0.491 e. The molecule has 0 aliphatic carbocycles. The van der Waals surface area contributed by atoms with Crippen molar-refractivity contribution in [1.29, 1.82) is 0 Å². The fourth-order valence-electron chi connectivity index (χ4n) is 3.94. The molecule has 0 aromatic heterocycles. The summed E-state index contributed by atoms with van der Waals surface area (Å²) in [5.41, 5.74) is 7.33. The first kappa shape index (κ1) is 25.4. The summed E-state index contributed by atoms with van der Waals surface area (Å²) in [6.07, 6.45) is 3.57. The van der Waals surface area contributed by atoms with E-state index in [2.05, 4.69) is 47.9 Å². The van der Waals surface area contributed by atoms with Crippen molar-refractivity contribution >= 4 is 11.9 Å². The first-order chi connectivity index (χ1) is 16.2. The molecule has 0 spiro atoms. The van der Waals surface area contributed by atoms with Gasteiger partial charge in [0.1, 0.15) is 12.4 Å². The van der Waals surface area contributed by atoms with E-state index in [4.69, 9.17) is 4.74 Å². The van der Waals surface area contributed by atoms with Gasteiger partial charge in [-0.15, -0.1) is 0 Å². The van der Waals surface area contributed by atoms with Gasteiger partial charge in [-0.25, -0.2) is 0 Å². The first-order valence-corrected chi connectivity index (χ1v) is 11.7. The first-order valence-electron chi connectivity index (χ1n) is 11.7. The average molecular weight is 457 g/mol. The van der Waals surface area contributed by atoms with E-state index >= 15 is 0 Å². The fourth-order valence-corrected chi connectivity index (χ4v) is 3.94. The largest absolute Gasteiger partial charge is 0.491 e. The van der Waals surface area contributed by atoms with Crippen molar-refractivity contribution in [2.75, 3.05) is 41.3 Å². The summed E-state index contributed by atoms with van der Waals surface area (Å²) in [4.78, 5) is 17.6. The number of carbonyl (C=O) groups is 1. The molecule has 4 heteroatoms. The Morgan fingerprint density at radius 3 is 2.24 bits per heavy atom. The number of rotatable bonds is 10. The average Bonchev–Trinajstić information content (AvgIpc) is 2.77. The van der Waals surface area contributed by atoms with E-state index in [9.17, 15) is 4.79 Å². The number of allylic oxidation sites excluding steroid dienone is 1. The molecule has 4 nitrogen and oxygen atoms in total. The Balaban J connectivity index is 1.96. The lowest BCUT2D eigenvalue weighted by Crippen LogP contribution is -2.20. The molecule has 178 valence electrons. The second-order valence-corrected chi connectivity index (χ2v) is 9.37. The summed E-state index contributed by atoms with van der Waals surface area (Å²) in [7, 11) is 8.10. The monoisotopic (exact) mass is 456 g/mol. The van der Waals surface area contributed by atoms with Crippen LogP contribution in [0.3, 0.4) is 0 Å². The molecule has 3 aromatic carbocycles. The molecule has 3 rings (SSSR count). The molecular weight excluding hydrogens is 420 g/mol. The minimum atomic E-state index is -0.0641. The van der Waals surface area contributed by atoms with Crippen LogP contribution in [-0.4, -0.2) is 56.9 Å². The second-order valence-electron chi connectivity index (χ2n) is 9.37. The van der Waals surface area contributed by atoms with E-state index in [-0.39, 0.29) is 5.78 Å². The maximum Gasteiger partial charge on any atom is 0.189 e. The van der Waals surface area contributed by atoms with Crippen molar-refractivity contribution in [3.8, 4) is 16.9 Å². The van der Waals surface area contributed by atoms with Crippen LogP contribution >= 0.6 is 0 Å². The Labute approximate surface area is 204 Å². The predicted octanol–water partition coefficient (Wildman–Crippen LogP) is 5.87. The van der Waals surface area contributed by atoms with Gasteiger partial charge in [-0.3, -0.25) is 4.79 Å². The molecule has 0 aliphatic rings. The highest BCUT2D eigenvalue weighted by molar-refractivity contribution is 6.09. The highest BCUT2D eigenvalue weighted by Gasteiger charge is 2.14. The van der Waals surface area contributed by atoms with Gasteiger partial charge in [0.15, 0.2) is 5.78 Å². The molecule has 0 amide bonds. The van der Waals surface area contributed by atoms with Gasteiger partial charge in [0.2, 0.25) is 0 Å². The number of aryl methyl sites for hydroxylation is 2. The molecule has 0 heterocycles. The third kappa shape index (κ3) is 7.14. The van der Waals surface area contributed by atoms with Crippen LogP contribution in [0, 0.1) is 13.8 Å². The van der Waals surface area contributed by atoms with E-state index in [1.54, 1.807) is 6.08 Å². The molecule has 0 bridgehead atoms. The highest BCUT2D eigenvalue weighted by atomic mass is 16.5. The third-order valence-electron chi connectivity index (χ3n) is 5.55. The zero-order valence-electron chi connectivity index (χ0n) is 21.3. The zero-order valence-corrected chi connectivity index (χ0v) is 21.3. The van der Waals surface area contributed by atoms with Crippen LogP contribution in [0.1, 0.15) is 32.6 Å². The van der Waals surface area contributed by atoms with Crippen molar-refractivity contribution in [3.63, 3.8) is 0 Å². The number of ether oxygens (including phenoxy) is 1. The number of likely N-dealkylation sites (N-methyl/N-ethyl adjacent to an activating group) is 1.